The molecule has 0 spiro atoms. The van der Waals surface area contributed by atoms with Crippen LogP contribution >= 0.6 is 0 Å². The van der Waals surface area contributed by atoms with Gasteiger partial charge in [-0.15, -0.1) is 0 Å². The fourth-order valence-electron chi connectivity index (χ4n) is 2.10. The number of nitrogens with zero attached hydrogens (tertiary/aromatic N) is 2. The Morgan fingerprint density at radius 2 is 1.94 bits per heavy atom. The Morgan fingerprint density at radius 3 is 2.75 bits per heavy atom. The number of carbonyl (C=O) groups excluding carboxylic acids is 1. The maximum Gasteiger partial charge on any atom is 0.247 e. The standard InChI is InChI=1S/C13H12N2O/c16-13-9-7-11-6-8-12(14-15(11)13)10-4-2-1-3-5-10/h1-6H,7-9H2. The van der Waals surface area contributed by atoms with Crippen molar-refractivity contribution < 1.29 is 4.79 Å². The SMILES string of the molecule is O=C1CCC2=CCC(c3ccccc3)=NN12. The van der Waals surface area contributed by atoms with E-state index in [1.807, 2.05) is 30.3 Å². The Hall–Kier alpha value is -1.90. The summed E-state index contributed by atoms with van der Waals surface area (Å²) in [4.78, 5) is 11.6. The third-order valence-electron chi connectivity index (χ3n) is 2.96. The van der Waals surface area contributed by atoms with Crippen molar-refractivity contribution in [1.82, 2.24) is 5.01 Å². The average Bonchev–Trinajstić information content (AvgIpc) is 2.72. The fraction of sp³-hybridized carbons (Fsp3) is 0.231. The summed E-state index contributed by atoms with van der Waals surface area (Å²) in [6.07, 6.45) is 4.37. The van der Waals surface area contributed by atoms with Crippen LogP contribution in [0.2, 0.25) is 0 Å². The monoisotopic (exact) mass is 212 g/mol. The van der Waals surface area contributed by atoms with E-state index in [9.17, 15) is 4.79 Å². The van der Waals surface area contributed by atoms with Crippen molar-refractivity contribution in [2.45, 2.75) is 19.3 Å². The van der Waals surface area contributed by atoms with Crippen molar-refractivity contribution in [3.05, 3.63) is 47.7 Å². The highest BCUT2D eigenvalue weighted by molar-refractivity contribution is 6.03. The summed E-state index contributed by atoms with van der Waals surface area (Å²) in [5.41, 5.74) is 3.13. The lowest BCUT2D eigenvalue weighted by Crippen LogP contribution is -2.22. The largest absolute Gasteiger partial charge is 0.273 e. The molecule has 0 unspecified atom stereocenters. The van der Waals surface area contributed by atoms with Gasteiger partial charge in [-0.05, 0) is 12.0 Å². The number of fused-ring (bicyclic) bond motifs is 1. The van der Waals surface area contributed by atoms with E-state index in [4.69, 9.17) is 0 Å². The number of hydrazone groups is 1. The number of amides is 1. The zero-order valence-corrected chi connectivity index (χ0v) is 8.89. The highest BCUT2D eigenvalue weighted by Crippen LogP contribution is 2.27. The van der Waals surface area contributed by atoms with Gasteiger partial charge in [0.25, 0.3) is 0 Å². The molecule has 3 rings (SSSR count). The Kier molecular flexibility index (Phi) is 2.10. The molecular weight excluding hydrogens is 200 g/mol. The summed E-state index contributed by atoms with van der Waals surface area (Å²) in [6, 6.07) is 10.0. The van der Waals surface area contributed by atoms with Gasteiger partial charge >= 0.3 is 0 Å². The van der Waals surface area contributed by atoms with Gasteiger partial charge in [0.1, 0.15) is 0 Å². The molecule has 0 atom stereocenters. The summed E-state index contributed by atoms with van der Waals surface area (Å²) in [5, 5.41) is 5.99. The Labute approximate surface area is 94.1 Å². The van der Waals surface area contributed by atoms with E-state index >= 15 is 0 Å². The van der Waals surface area contributed by atoms with Crippen LogP contribution < -0.4 is 0 Å². The number of allylic oxidation sites excluding steroid dienone is 2. The predicted molar refractivity (Wildman–Crippen MR) is 61.8 cm³/mol. The molecule has 3 heteroatoms. The van der Waals surface area contributed by atoms with Crippen molar-refractivity contribution >= 4 is 11.6 Å². The minimum absolute atomic E-state index is 0.111. The van der Waals surface area contributed by atoms with Gasteiger partial charge in [0, 0.05) is 18.5 Å². The number of benzene rings is 1. The lowest BCUT2D eigenvalue weighted by Gasteiger charge is -2.18. The molecule has 1 aromatic carbocycles. The first-order valence-electron chi connectivity index (χ1n) is 5.49. The lowest BCUT2D eigenvalue weighted by atomic mass is 10.1. The molecule has 0 aromatic heterocycles. The first-order chi connectivity index (χ1) is 7.84. The molecule has 0 radical (unpaired) electrons. The quantitative estimate of drug-likeness (QED) is 0.703. The van der Waals surface area contributed by atoms with Crippen LogP contribution in [0.1, 0.15) is 24.8 Å². The Morgan fingerprint density at radius 1 is 1.12 bits per heavy atom. The molecule has 1 fully saturated rings. The topological polar surface area (TPSA) is 32.7 Å². The van der Waals surface area contributed by atoms with Crippen molar-refractivity contribution in [1.29, 1.82) is 0 Å². The van der Waals surface area contributed by atoms with Crippen LogP contribution in [0, 0.1) is 0 Å². The molecule has 0 aliphatic carbocycles. The number of rotatable bonds is 1. The smallest absolute Gasteiger partial charge is 0.247 e. The highest BCUT2D eigenvalue weighted by atomic mass is 16.2. The summed E-state index contributed by atoms with van der Waals surface area (Å²) in [5.74, 6) is 0.111. The molecule has 1 amide bonds. The second-order valence-electron chi connectivity index (χ2n) is 4.02. The number of hydrogen-bond donors (Lipinski definition) is 0. The van der Waals surface area contributed by atoms with Crippen molar-refractivity contribution in [2.24, 2.45) is 5.10 Å². The van der Waals surface area contributed by atoms with Crippen LogP contribution in [0.4, 0.5) is 0 Å². The molecule has 2 aliphatic heterocycles. The molecule has 3 nitrogen and oxygen atoms in total. The molecule has 2 aliphatic rings. The summed E-state index contributed by atoms with van der Waals surface area (Å²) >= 11 is 0. The van der Waals surface area contributed by atoms with E-state index in [1.165, 1.54) is 0 Å². The van der Waals surface area contributed by atoms with Gasteiger partial charge in [0.2, 0.25) is 5.91 Å². The number of hydrogen-bond acceptors (Lipinski definition) is 2. The lowest BCUT2D eigenvalue weighted by molar-refractivity contribution is -0.126. The third kappa shape index (κ3) is 1.45. The maximum absolute atomic E-state index is 11.6. The molecule has 80 valence electrons. The second-order valence-corrected chi connectivity index (χ2v) is 4.02. The van der Waals surface area contributed by atoms with Crippen LogP contribution in [0.25, 0.3) is 0 Å². The van der Waals surface area contributed by atoms with Gasteiger partial charge in [-0.25, -0.2) is 5.01 Å². The van der Waals surface area contributed by atoms with E-state index in [-0.39, 0.29) is 5.91 Å². The van der Waals surface area contributed by atoms with Gasteiger partial charge in [0.05, 0.1) is 5.71 Å². The summed E-state index contributed by atoms with van der Waals surface area (Å²) < 4.78 is 0. The predicted octanol–water partition coefficient (Wildman–Crippen LogP) is 2.30. The highest BCUT2D eigenvalue weighted by Gasteiger charge is 2.28. The van der Waals surface area contributed by atoms with Crippen LogP contribution in [0.5, 0.6) is 0 Å². The molecule has 0 bridgehead atoms. The van der Waals surface area contributed by atoms with Crippen LogP contribution in [0.15, 0.2) is 47.2 Å². The van der Waals surface area contributed by atoms with Gasteiger partial charge in [-0.3, -0.25) is 4.79 Å². The van der Waals surface area contributed by atoms with Gasteiger partial charge < -0.3 is 0 Å². The minimum atomic E-state index is 0.111. The second kappa shape index (κ2) is 3.59. The summed E-state index contributed by atoms with van der Waals surface area (Å²) in [6.45, 7) is 0. The van der Waals surface area contributed by atoms with Crippen LogP contribution in [-0.4, -0.2) is 16.6 Å². The van der Waals surface area contributed by atoms with Crippen LogP contribution in [-0.2, 0) is 4.79 Å². The van der Waals surface area contributed by atoms with Crippen molar-refractivity contribution in [3.8, 4) is 0 Å². The van der Waals surface area contributed by atoms with E-state index in [0.29, 0.717) is 6.42 Å². The molecule has 16 heavy (non-hydrogen) atoms. The average molecular weight is 212 g/mol. The fourth-order valence-corrected chi connectivity index (χ4v) is 2.10. The van der Waals surface area contributed by atoms with E-state index in [1.54, 1.807) is 5.01 Å². The molecule has 2 heterocycles. The van der Waals surface area contributed by atoms with Crippen molar-refractivity contribution in [3.63, 3.8) is 0 Å². The van der Waals surface area contributed by atoms with E-state index in [0.717, 1.165) is 29.8 Å². The molecule has 1 aromatic rings. The van der Waals surface area contributed by atoms with E-state index < -0.39 is 0 Å². The van der Waals surface area contributed by atoms with Crippen LogP contribution in [0.3, 0.4) is 0 Å². The zero-order chi connectivity index (χ0) is 11.0. The van der Waals surface area contributed by atoms with Gasteiger partial charge in [-0.2, -0.15) is 5.10 Å². The molecular formula is C13H12N2O. The zero-order valence-electron chi connectivity index (χ0n) is 8.89. The normalized spacial score (nSPS) is 19.2. The Bertz CT molecular complexity index is 488. The van der Waals surface area contributed by atoms with Crippen molar-refractivity contribution in [2.75, 3.05) is 0 Å². The Balaban J connectivity index is 1.95. The molecule has 0 N–H and O–H groups in total. The molecule has 0 saturated carbocycles. The molecule has 1 saturated heterocycles. The van der Waals surface area contributed by atoms with Gasteiger partial charge in [0.15, 0.2) is 0 Å². The van der Waals surface area contributed by atoms with Gasteiger partial charge in [-0.1, -0.05) is 36.4 Å². The maximum atomic E-state index is 11.6. The third-order valence-corrected chi connectivity index (χ3v) is 2.96. The number of carbonyl (C=O) groups is 1. The summed E-state index contributed by atoms with van der Waals surface area (Å²) in [7, 11) is 0. The first kappa shape index (κ1) is 9.33. The first-order valence-corrected chi connectivity index (χ1v) is 5.49. The minimum Gasteiger partial charge on any atom is -0.273 e. The van der Waals surface area contributed by atoms with E-state index in [2.05, 4.69) is 11.2 Å².